The van der Waals surface area contributed by atoms with E-state index >= 15 is 0 Å². The van der Waals surface area contributed by atoms with E-state index in [1.165, 1.54) is 6.07 Å². The van der Waals surface area contributed by atoms with E-state index in [0.717, 1.165) is 0 Å². The topological polar surface area (TPSA) is 63.0 Å². The predicted octanol–water partition coefficient (Wildman–Crippen LogP) is 2.14. The zero-order chi connectivity index (χ0) is 13.7. The van der Waals surface area contributed by atoms with E-state index in [-0.39, 0.29) is 12.3 Å². The van der Waals surface area contributed by atoms with Crippen LogP contribution in [-0.4, -0.2) is 17.6 Å². The number of hydrogen-bond acceptors (Lipinski definition) is 4. The SMILES string of the molecule is CCOC(=O)Cc1ncc(C(F)F)c(F)c1C#N. The minimum atomic E-state index is -3.07. The molecule has 0 fully saturated rings. The van der Waals surface area contributed by atoms with Gasteiger partial charge in [-0.1, -0.05) is 0 Å². The van der Waals surface area contributed by atoms with Gasteiger partial charge in [-0.3, -0.25) is 9.78 Å². The van der Waals surface area contributed by atoms with Gasteiger partial charge in [-0.05, 0) is 6.92 Å². The first kappa shape index (κ1) is 14.0. The second-order valence-corrected chi connectivity index (χ2v) is 3.24. The van der Waals surface area contributed by atoms with Crippen LogP contribution in [0.15, 0.2) is 6.20 Å². The van der Waals surface area contributed by atoms with Crippen molar-refractivity contribution in [3.05, 3.63) is 28.8 Å². The molecule has 18 heavy (non-hydrogen) atoms. The molecule has 1 rings (SSSR count). The molecule has 0 bridgehead atoms. The van der Waals surface area contributed by atoms with Crippen molar-refractivity contribution in [2.45, 2.75) is 19.8 Å². The van der Waals surface area contributed by atoms with Gasteiger partial charge in [-0.15, -0.1) is 0 Å². The molecule has 0 unspecified atom stereocenters. The average molecular weight is 258 g/mol. The van der Waals surface area contributed by atoms with Gasteiger partial charge >= 0.3 is 5.97 Å². The number of ether oxygens (including phenoxy) is 1. The number of alkyl halides is 2. The highest BCUT2D eigenvalue weighted by Gasteiger charge is 2.22. The third-order valence-electron chi connectivity index (χ3n) is 2.08. The highest BCUT2D eigenvalue weighted by molar-refractivity contribution is 5.72. The zero-order valence-electron chi connectivity index (χ0n) is 9.41. The van der Waals surface area contributed by atoms with Crippen molar-refractivity contribution in [1.82, 2.24) is 4.98 Å². The van der Waals surface area contributed by atoms with Crippen LogP contribution in [0.4, 0.5) is 13.2 Å². The van der Waals surface area contributed by atoms with Gasteiger partial charge in [0.1, 0.15) is 11.6 Å². The fourth-order valence-corrected chi connectivity index (χ4v) is 1.29. The highest BCUT2D eigenvalue weighted by Crippen LogP contribution is 2.24. The van der Waals surface area contributed by atoms with Gasteiger partial charge in [0.25, 0.3) is 6.43 Å². The first-order valence-electron chi connectivity index (χ1n) is 5.02. The van der Waals surface area contributed by atoms with E-state index in [4.69, 9.17) is 5.26 Å². The summed E-state index contributed by atoms with van der Waals surface area (Å²) >= 11 is 0. The van der Waals surface area contributed by atoms with Crippen LogP contribution < -0.4 is 0 Å². The molecule has 4 nitrogen and oxygen atoms in total. The molecule has 0 amide bonds. The largest absolute Gasteiger partial charge is 0.466 e. The van der Waals surface area contributed by atoms with Crippen LogP contribution >= 0.6 is 0 Å². The van der Waals surface area contributed by atoms with Gasteiger partial charge < -0.3 is 4.74 Å². The van der Waals surface area contributed by atoms with Crippen molar-refractivity contribution in [1.29, 1.82) is 5.26 Å². The van der Waals surface area contributed by atoms with E-state index in [0.29, 0.717) is 6.20 Å². The maximum absolute atomic E-state index is 13.5. The van der Waals surface area contributed by atoms with E-state index in [1.54, 1.807) is 6.92 Å². The zero-order valence-corrected chi connectivity index (χ0v) is 9.41. The molecule has 1 aromatic rings. The predicted molar refractivity (Wildman–Crippen MR) is 54.2 cm³/mol. The molecule has 1 heterocycles. The summed E-state index contributed by atoms with van der Waals surface area (Å²) in [6.45, 7) is 1.70. The second kappa shape index (κ2) is 6.00. The van der Waals surface area contributed by atoms with Crippen molar-refractivity contribution in [2.24, 2.45) is 0 Å². The molecule has 0 saturated heterocycles. The lowest BCUT2D eigenvalue weighted by molar-refractivity contribution is -0.142. The lowest BCUT2D eigenvalue weighted by Crippen LogP contribution is -2.12. The smallest absolute Gasteiger partial charge is 0.311 e. The van der Waals surface area contributed by atoms with Crippen LogP contribution in [0.5, 0.6) is 0 Å². The number of nitriles is 1. The number of hydrogen-bond donors (Lipinski definition) is 0. The fourth-order valence-electron chi connectivity index (χ4n) is 1.29. The summed E-state index contributed by atoms with van der Waals surface area (Å²) in [5.74, 6) is -2.05. The van der Waals surface area contributed by atoms with Gasteiger partial charge in [0.2, 0.25) is 0 Å². The van der Waals surface area contributed by atoms with Crippen LogP contribution in [-0.2, 0) is 16.0 Å². The van der Waals surface area contributed by atoms with Crippen molar-refractivity contribution in [3.8, 4) is 6.07 Å². The number of aromatic nitrogens is 1. The number of pyridine rings is 1. The molecular weight excluding hydrogens is 249 g/mol. The average Bonchev–Trinajstić information content (AvgIpc) is 2.29. The van der Waals surface area contributed by atoms with Crippen LogP contribution in [0.25, 0.3) is 0 Å². The summed E-state index contributed by atoms with van der Waals surface area (Å²) in [5.41, 5.74) is -1.82. The number of rotatable bonds is 4. The Morgan fingerprint density at radius 1 is 1.61 bits per heavy atom. The normalized spacial score (nSPS) is 10.2. The Morgan fingerprint density at radius 3 is 2.78 bits per heavy atom. The molecule has 0 saturated carbocycles. The first-order chi connectivity index (χ1) is 8.51. The quantitative estimate of drug-likeness (QED) is 0.776. The summed E-state index contributed by atoms with van der Waals surface area (Å²) < 4.78 is 42.9. The van der Waals surface area contributed by atoms with Gasteiger partial charge in [0.15, 0.2) is 5.82 Å². The summed E-state index contributed by atoms with van der Waals surface area (Å²) in [6.07, 6.45) is -2.88. The standard InChI is InChI=1S/C11H9F3N2O2/c1-2-18-9(17)3-8-6(4-15)10(12)7(5-16-8)11(13)14/h5,11H,2-3H2,1H3. The Labute approximate surface area is 101 Å². The summed E-state index contributed by atoms with van der Waals surface area (Å²) in [7, 11) is 0. The minimum absolute atomic E-state index is 0.123. The molecule has 0 aliphatic heterocycles. The van der Waals surface area contributed by atoms with Crippen molar-refractivity contribution < 1.29 is 22.7 Å². The fraction of sp³-hybridized carbons (Fsp3) is 0.364. The summed E-state index contributed by atoms with van der Waals surface area (Å²) in [4.78, 5) is 14.7. The molecule has 96 valence electrons. The second-order valence-electron chi connectivity index (χ2n) is 3.24. The third kappa shape index (κ3) is 2.97. The van der Waals surface area contributed by atoms with Crippen molar-refractivity contribution >= 4 is 5.97 Å². The van der Waals surface area contributed by atoms with Crippen LogP contribution in [0.2, 0.25) is 0 Å². The Balaban J connectivity index is 3.12. The monoisotopic (exact) mass is 258 g/mol. The molecule has 0 N–H and O–H groups in total. The molecule has 0 aromatic carbocycles. The molecule has 7 heteroatoms. The highest BCUT2D eigenvalue weighted by atomic mass is 19.3. The number of carbonyl (C=O) groups excluding carboxylic acids is 1. The Morgan fingerprint density at radius 2 is 2.28 bits per heavy atom. The summed E-state index contributed by atoms with van der Waals surface area (Å²) in [5, 5.41) is 8.72. The maximum atomic E-state index is 13.5. The van der Waals surface area contributed by atoms with Crippen LogP contribution in [0, 0.1) is 17.1 Å². The van der Waals surface area contributed by atoms with E-state index < -0.39 is 35.8 Å². The third-order valence-corrected chi connectivity index (χ3v) is 2.08. The Bertz CT molecular complexity index is 498. The van der Waals surface area contributed by atoms with Crippen molar-refractivity contribution in [2.75, 3.05) is 6.61 Å². The number of carbonyl (C=O) groups is 1. The molecule has 1 aromatic heterocycles. The van der Waals surface area contributed by atoms with E-state index in [1.807, 2.05) is 0 Å². The number of esters is 1. The molecule has 0 atom stereocenters. The first-order valence-corrected chi connectivity index (χ1v) is 5.02. The van der Waals surface area contributed by atoms with Gasteiger partial charge in [-0.25, -0.2) is 13.2 Å². The van der Waals surface area contributed by atoms with Crippen molar-refractivity contribution in [3.63, 3.8) is 0 Å². The Kier molecular flexibility index (Phi) is 4.66. The van der Waals surface area contributed by atoms with E-state index in [9.17, 15) is 18.0 Å². The van der Waals surface area contributed by atoms with Gasteiger partial charge in [0.05, 0.1) is 24.3 Å². The molecule has 0 aliphatic rings. The van der Waals surface area contributed by atoms with E-state index in [2.05, 4.69) is 9.72 Å². The molecule has 0 aliphatic carbocycles. The summed E-state index contributed by atoms with van der Waals surface area (Å²) in [6, 6.07) is 1.43. The molecular formula is C11H9F3N2O2. The molecule has 0 radical (unpaired) electrons. The lowest BCUT2D eigenvalue weighted by Gasteiger charge is -2.07. The van der Waals surface area contributed by atoms with Gasteiger partial charge in [0, 0.05) is 6.20 Å². The maximum Gasteiger partial charge on any atom is 0.311 e. The van der Waals surface area contributed by atoms with Crippen LogP contribution in [0.1, 0.15) is 30.2 Å². The van der Waals surface area contributed by atoms with Crippen LogP contribution in [0.3, 0.4) is 0 Å². The number of halogens is 3. The minimum Gasteiger partial charge on any atom is -0.466 e. The molecule has 0 spiro atoms. The Hall–Kier alpha value is -2.10. The van der Waals surface area contributed by atoms with Gasteiger partial charge in [-0.2, -0.15) is 5.26 Å². The number of nitrogens with zero attached hydrogens (tertiary/aromatic N) is 2. The lowest BCUT2D eigenvalue weighted by atomic mass is 10.1.